The molecule has 1 rings (SSSR count). The predicted molar refractivity (Wildman–Crippen MR) is 65.5 cm³/mol. The lowest BCUT2D eigenvalue weighted by Crippen LogP contribution is -2.34. The van der Waals surface area contributed by atoms with E-state index in [4.69, 9.17) is 4.74 Å². The summed E-state index contributed by atoms with van der Waals surface area (Å²) in [4.78, 5) is 11.3. The van der Waals surface area contributed by atoms with E-state index in [2.05, 4.69) is 5.32 Å². The van der Waals surface area contributed by atoms with Gasteiger partial charge in [-0.15, -0.1) is 0 Å². The number of hydrogen-bond donors (Lipinski definition) is 2. The molecule has 0 bridgehead atoms. The second-order valence-electron chi connectivity index (χ2n) is 5.20. The lowest BCUT2D eigenvalue weighted by Gasteiger charge is -2.20. The van der Waals surface area contributed by atoms with Gasteiger partial charge in [-0.2, -0.15) is 0 Å². The number of carbonyl (C=O) groups is 1. The molecule has 0 aliphatic carbocycles. The first-order chi connectivity index (χ1) is 9.10. The van der Waals surface area contributed by atoms with Gasteiger partial charge in [0.2, 0.25) is 0 Å². The second-order valence-corrected chi connectivity index (χ2v) is 5.20. The molecule has 1 atom stereocenters. The smallest absolute Gasteiger partial charge is 0.407 e. The van der Waals surface area contributed by atoms with Gasteiger partial charge in [-0.3, -0.25) is 0 Å². The van der Waals surface area contributed by atoms with Crippen LogP contribution in [0.1, 0.15) is 32.4 Å². The van der Waals surface area contributed by atoms with Gasteiger partial charge in [0.05, 0.1) is 12.6 Å². The van der Waals surface area contributed by atoms with Crippen LogP contribution in [0.2, 0.25) is 0 Å². The molecule has 1 unspecified atom stereocenters. The van der Waals surface area contributed by atoms with Crippen molar-refractivity contribution in [1.29, 1.82) is 0 Å². The summed E-state index contributed by atoms with van der Waals surface area (Å²) in [6.45, 7) is 4.66. The number of benzene rings is 1. The highest BCUT2D eigenvalue weighted by Gasteiger charge is 2.19. The highest BCUT2D eigenvalue weighted by molar-refractivity contribution is 5.67. The summed E-state index contributed by atoms with van der Waals surface area (Å²) >= 11 is 0. The number of amides is 1. The third kappa shape index (κ3) is 4.73. The Labute approximate surface area is 114 Å². The average Bonchev–Trinajstić information content (AvgIpc) is 2.30. The van der Waals surface area contributed by atoms with E-state index in [1.54, 1.807) is 20.8 Å². The van der Waals surface area contributed by atoms with Crippen molar-refractivity contribution in [2.45, 2.75) is 32.5 Å². The third-order valence-electron chi connectivity index (χ3n) is 2.23. The summed E-state index contributed by atoms with van der Waals surface area (Å²) in [6.07, 6.45) is -2.16. The maximum atomic E-state index is 13.0. The average molecular weight is 291 g/mol. The van der Waals surface area contributed by atoms with Gasteiger partial charge in [0.15, 0.2) is 17.5 Å². The van der Waals surface area contributed by atoms with E-state index in [0.29, 0.717) is 12.1 Å². The molecular formula is C13H16F3NO3. The molecule has 0 fully saturated rings. The molecular weight excluding hydrogens is 275 g/mol. The molecule has 1 amide bonds. The van der Waals surface area contributed by atoms with Crippen LogP contribution in [0.4, 0.5) is 18.0 Å². The van der Waals surface area contributed by atoms with Crippen LogP contribution in [0.15, 0.2) is 12.1 Å². The fourth-order valence-corrected chi connectivity index (χ4v) is 1.38. The molecule has 2 N–H and O–H groups in total. The zero-order valence-electron chi connectivity index (χ0n) is 11.3. The topological polar surface area (TPSA) is 58.6 Å². The molecule has 0 saturated heterocycles. The number of halogens is 3. The van der Waals surface area contributed by atoms with Crippen molar-refractivity contribution < 1.29 is 27.8 Å². The zero-order chi connectivity index (χ0) is 15.5. The fourth-order valence-electron chi connectivity index (χ4n) is 1.38. The third-order valence-corrected chi connectivity index (χ3v) is 2.23. The van der Waals surface area contributed by atoms with Gasteiger partial charge in [-0.05, 0) is 38.5 Å². The molecule has 0 aromatic heterocycles. The zero-order valence-corrected chi connectivity index (χ0v) is 11.3. The molecule has 0 spiro atoms. The Morgan fingerprint density at radius 1 is 1.30 bits per heavy atom. The molecule has 0 aliphatic heterocycles. The Morgan fingerprint density at radius 2 is 1.80 bits per heavy atom. The predicted octanol–water partition coefficient (Wildman–Crippen LogP) is 2.66. The second kappa shape index (κ2) is 6.13. The minimum absolute atomic E-state index is 0.183. The lowest BCUT2D eigenvalue weighted by atomic mass is 10.1. The highest BCUT2D eigenvalue weighted by atomic mass is 19.2. The van der Waals surface area contributed by atoms with E-state index in [1.807, 2.05) is 0 Å². The van der Waals surface area contributed by atoms with Crippen LogP contribution in [-0.2, 0) is 4.74 Å². The first-order valence-corrected chi connectivity index (χ1v) is 5.89. The molecule has 0 aliphatic rings. The van der Waals surface area contributed by atoms with Crippen molar-refractivity contribution in [2.24, 2.45) is 0 Å². The Hall–Kier alpha value is -1.76. The van der Waals surface area contributed by atoms with E-state index in [0.717, 1.165) is 0 Å². The maximum absolute atomic E-state index is 13.0. The van der Waals surface area contributed by atoms with Gasteiger partial charge in [0, 0.05) is 0 Å². The summed E-state index contributed by atoms with van der Waals surface area (Å²) in [5, 5.41) is 11.9. The molecule has 1 aromatic rings. The van der Waals surface area contributed by atoms with Crippen LogP contribution in [0.3, 0.4) is 0 Å². The lowest BCUT2D eigenvalue weighted by molar-refractivity contribution is 0.0491. The SMILES string of the molecule is CC(C)(C)OC(=O)NCC(O)c1cc(F)c(F)c(F)c1. The van der Waals surface area contributed by atoms with E-state index >= 15 is 0 Å². The number of nitrogens with one attached hydrogen (secondary N) is 1. The van der Waals surface area contributed by atoms with Crippen LogP contribution in [0.5, 0.6) is 0 Å². The Balaban J connectivity index is 2.64. The van der Waals surface area contributed by atoms with Gasteiger partial charge < -0.3 is 15.2 Å². The van der Waals surface area contributed by atoms with Crippen LogP contribution in [0, 0.1) is 17.5 Å². The van der Waals surface area contributed by atoms with Crippen LogP contribution < -0.4 is 5.32 Å². The summed E-state index contributed by atoms with van der Waals surface area (Å²) in [5.74, 6) is -4.42. The Kier molecular flexibility index (Phi) is 4.99. The minimum atomic E-state index is -1.61. The van der Waals surface area contributed by atoms with E-state index in [1.165, 1.54) is 0 Å². The summed E-state index contributed by atoms with van der Waals surface area (Å²) in [7, 11) is 0. The summed E-state index contributed by atoms with van der Waals surface area (Å²) in [6, 6.07) is 1.33. The largest absolute Gasteiger partial charge is 0.444 e. The van der Waals surface area contributed by atoms with Crippen molar-refractivity contribution in [3.8, 4) is 0 Å². The van der Waals surface area contributed by atoms with Gasteiger partial charge in [0.25, 0.3) is 0 Å². The van der Waals surface area contributed by atoms with Crippen molar-refractivity contribution in [2.75, 3.05) is 6.54 Å². The van der Waals surface area contributed by atoms with Crippen LogP contribution in [0.25, 0.3) is 0 Å². The van der Waals surface area contributed by atoms with E-state index in [9.17, 15) is 23.1 Å². The molecule has 112 valence electrons. The van der Waals surface area contributed by atoms with Gasteiger partial charge in [0.1, 0.15) is 5.60 Å². The number of alkyl carbamates (subject to hydrolysis) is 1. The van der Waals surface area contributed by atoms with Gasteiger partial charge in [-0.25, -0.2) is 18.0 Å². The molecule has 0 heterocycles. The van der Waals surface area contributed by atoms with Crippen molar-refractivity contribution in [1.82, 2.24) is 5.32 Å². The number of ether oxygens (including phenoxy) is 1. The number of rotatable bonds is 3. The monoisotopic (exact) mass is 291 g/mol. The number of hydrogen-bond acceptors (Lipinski definition) is 3. The molecule has 7 heteroatoms. The first-order valence-electron chi connectivity index (χ1n) is 5.89. The number of aliphatic hydroxyl groups is 1. The van der Waals surface area contributed by atoms with Crippen molar-refractivity contribution >= 4 is 6.09 Å². The number of carbonyl (C=O) groups excluding carboxylic acids is 1. The quantitative estimate of drug-likeness (QED) is 0.842. The molecule has 4 nitrogen and oxygen atoms in total. The summed E-state index contributed by atoms with van der Waals surface area (Å²) < 4.78 is 43.6. The van der Waals surface area contributed by atoms with E-state index in [-0.39, 0.29) is 12.1 Å². The van der Waals surface area contributed by atoms with Crippen molar-refractivity contribution in [3.05, 3.63) is 35.1 Å². The standard InChI is InChI=1S/C13H16F3NO3/c1-13(2,3)20-12(19)17-6-10(18)7-4-8(14)11(16)9(15)5-7/h4-5,10,18H,6H2,1-3H3,(H,17,19). The Bertz CT molecular complexity index is 477. The molecule has 1 aromatic carbocycles. The molecule has 0 saturated carbocycles. The molecule has 0 radical (unpaired) electrons. The maximum Gasteiger partial charge on any atom is 0.407 e. The highest BCUT2D eigenvalue weighted by Crippen LogP contribution is 2.19. The normalized spacial score (nSPS) is 12.9. The molecule has 20 heavy (non-hydrogen) atoms. The first kappa shape index (κ1) is 16.3. The Morgan fingerprint density at radius 3 is 2.25 bits per heavy atom. The van der Waals surface area contributed by atoms with Gasteiger partial charge in [-0.1, -0.05) is 0 Å². The van der Waals surface area contributed by atoms with Crippen LogP contribution in [-0.4, -0.2) is 23.3 Å². The van der Waals surface area contributed by atoms with Crippen molar-refractivity contribution in [3.63, 3.8) is 0 Å². The van der Waals surface area contributed by atoms with Crippen LogP contribution >= 0.6 is 0 Å². The minimum Gasteiger partial charge on any atom is -0.444 e. The number of aliphatic hydroxyl groups excluding tert-OH is 1. The van der Waals surface area contributed by atoms with Gasteiger partial charge >= 0.3 is 6.09 Å². The van der Waals surface area contributed by atoms with E-state index < -0.39 is 35.2 Å². The summed E-state index contributed by atoms with van der Waals surface area (Å²) in [5.41, 5.74) is -0.888. The fraction of sp³-hybridized carbons (Fsp3) is 0.462.